The van der Waals surface area contributed by atoms with Crippen LogP contribution < -0.4 is 42.0 Å². The summed E-state index contributed by atoms with van der Waals surface area (Å²) in [5.41, 5.74) is -2.98. The van der Waals surface area contributed by atoms with Gasteiger partial charge in [-0.1, -0.05) is 41.5 Å². The van der Waals surface area contributed by atoms with Crippen molar-refractivity contribution >= 4 is 65.2 Å². The summed E-state index contributed by atoms with van der Waals surface area (Å²) in [5, 5.41) is 19.0. The monoisotopic (exact) mass is 1440 g/mol. The predicted octanol–water partition coefficient (Wildman–Crippen LogP) is 1.52. The normalized spacial score (nSPS) is 25.6. The minimum Gasteiger partial charge on any atom is -0.463 e. The van der Waals surface area contributed by atoms with Gasteiger partial charge in [0.25, 0.3) is 0 Å². The molecule has 0 bridgehead atoms. The minimum atomic E-state index is -2.06. The average molecular weight is 1440 g/mol. The molecule has 6 unspecified atom stereocenters. The van der Waals surface area contributed by atoms with E-state index in [-0.39, 0.29) is 152 Å². The molecule has 566 valence electrons. The van der Waals surface area contributed by atoms with Gasteiger partial charge in [0.15, 0.2) is 30.5 Å². The first-order valence-corrected chi connectivity index (χ1v) is 33.1. The molecule has 3 aliphatic heterocycles. The molecule has 15 atom stereocenters. The first-order chi connectivity index (χ1) is 47.1. The van der Waals surface area contributed by atoms with Crippen LogP contribution in [0.3, 0.4) is 0 Å². The summed E-state index contributed by atoms with van der Waals surface area (Å²) in [6, 6.07) is -1.83. The highest BCUT2D eigenvalue weighted by atomic mass is 19.2. The van der Waals surface area contributed by atoms with Gasteiger partial charge in [-0.3, -0.25) is 52.7 Å². The number of ether oxygens (including phenoxy) is 13. The van der Waals surface area contributed by atoms with E-state index in [1.54, 1.807) is 0 Å². The summed E-state index contributed by atoms with van der Waals surface area (Å²) in [5.74, 6) is -18.0. The van der Waals surface area contributed by atoms with E-state index in [0.717, 1.165) is 6.92 Å². The summed E-state index contributed by atoms with van der Waals surface area (Å²) in [4.78, 5) is 138. The van der Waals surface area contributed by atoms with Crippen molar-refractivity contribution in [3.8, 4) is 5.75 Å². The van der Waals surface area contributed by atoms with Crippen LogP contribution in [0, 0.1) is 65.7 Å². The van der Waals surface area contributed by atoms with Crippen molar-refractivity contribution in [3.63, 3.8) is 0 Å². The van der Waals surface area contributed by atoms with E-state index < -0.39 is 169 Å². The van der Waals surface area contributed by atoms with E-state index in [1.807, 2.05) is 41.5 Å². The van der Waals surface area contributed by atoms with E-state index in [4.69, 9.17) is 56.8 Å². The van der Waals surface area contributed by atoms with E-state index >= 15 is 0 Å². The Balaban J connectivity index is 1.50. The fraction of sp³-hybridized carbons (Fsp3) is 0.738. The zero-order valence-corrected chi connectivity index (χ0v) is 58.9. The van der Waals surface area contributed by atoms with Gasteiger partial charge in [0.05, 0.1) is 95.9 Å². The Bertz CT molecular complexity index is 2680. The van der Waals surface area contributed by atoms with Gasteiger partial charge >= 0.3 is 23.9 Å². The zero-order chi connectivity index (χ0) is 74.6. The van der Waals surface area contributed by atoms with Crippen molar-refractivity contribution < 1.29 is 132 Å². The van der Waals surface area contributed by atoms with Crippen molar-refractivity contribution in [1.82, 2.24) is 37.2 Å². The highest BCUT2D eigenvalue weighted by Crippen LogP contribution is 2.35. The Morgan fingerprint density at radius 1 is 0.420 bits per heavy atom. The fourth-order valence-electron chi connectivity index (χ4n) is 11.1. The van der Waals surface area contributed by atoms with Gasteiger partial charge in [-0.05, 0) is 42.4 Å². The summed E-state index contributed by atoms with van der Waals surface area (Å²) < 4.78 is 133. The molecular formula is C65H99F4N7O24. The topological polar surface area (TPSA) is 392 Å². The van der Waals surface area contributed by atoms with Crippen LogP contribution in [-0.4, -0.2) is 225 Å². The quantitative estimate of drug-likeness (QED) is 0.00931. The molecule has 3 heterocycles. The smallest absolute Gasteiger partial charge is 0.320 e. The lowest BCUT2D eigenvalue weighted by atomic mass is 9.82. The number of esters is 4. The lowest BCUT2D eigenvalue weighted by Gasteiger charge is -2.44. The number of hydrogen-bond donors (Lipinski definition) is 7. The lowest BCUT2D eigenvalue weighted by Crippen LogP contribution is -2.59. The average Bonchev–Trinajstić information content (AvgIpc) is 0.814. The van der Waals surface area contributed by atoms with Gasteiger partial charge in [0.2, 0.25) is 58.7 Å². The van der Waals surface area contributed by atoms with Gasteiger partial charge in [-0.15, -0.1) is 0 Å². The molecule has 7 amide bonds. The minimum absolute atomic E-state index is 0.0701. The number of carbonyl (C=O) groups excluding carboxylic acids is 11. The standard InChI is InChI=1S/C65H99F4N7O24/c1-33-36(4)58(73-40(8)77)62(97-46(33)27-94-43(11)80)91-23-17-70-49(83)14-20-88-30-65(76-52(86)26-53(87)100-61-56(68)54(66)39(7)55(67)57(61)69,31-89-21-15-50(84)71-18-24-92-63-59(74-41(9)78)37(5)34(2)47(98-63)28-95-44(12)81)32-90-22-16-51(85)72-19-25-93-64-60(75-42(10)79)38(6)35(3)48(99-64)29-96-45(13)82/h33-38,46-48,58-60,62-64H,14-32H2,1-13H3,(H,70,83)(H,71,84)(H,72,85)(H,73,77)(H,74,78)(H,75,79)(H,76,86)/t33-,34-,35-,36+,37+,38+,46?,47?,48?,58?,59?,60?,62-,63-,64-,65?/m1/s1. The number of rotatable bonds is 40. The van der Waals surface area contributed by atoms with Crippen LogP contribution in [0.2, 0.25) is 0 Å². The molecule has 1 aromatic rings. The van der Waals surface area contributed by atoms with E-state index in [0.29, 0.717) is 0 Å². The SMILES string of the molecule is CC(=O)NC1[C@H](OCCNC(=O)CCOCC(COCCC(=O)NCCO[C@@H]2OC(COC(C)=O)[C@H](C)[C@H](C)C2NC(C)=O)(COCCC(=O)NCCO[C@@H]2OC(COC(C)=O)[C@H](C)[C@H](C)C2NC(C)=O)NC(=O)CC(=O)Oc2c(F)c(F)c(C)c(F)c2F)OC(COC(C)=O)[C@H](C)[C@@H]1C. The van der Waals surface area contributed by atoms with E-state index in [9.17, 15) is 70.3 Å². The maximum atomic E-state index is 14.9. The van der Waals surface area contributed by atoms with Crippen molar-refractivity contribution in [2.45, 2.75) is 177 Å². The third kappa shape index (κ3) is 27.9. The third-order valence-corrected chi connectivity index (χ3v) is 17.3. The van der Waals surface area contributed by atoms with Crippen LogP contribution in [0.25, 0.3) is 0 Å². The maximum Gasteiger partial charge on any atom is 0.320 e. The molecule has 31 nitrogen and oxygen atoms in total. The van der Waals surface area contributed by atoms with Crippen LogP contribution in [0.4, 0.5) is 17.6 Å². The van der Waals surface area contributed by atoms with Crippen LogP contribution in [0.1, 0.15) is 114 Å². The highest BCUT2D eigenvalue weighted by molar-refractivity contribution is 5.95. The molecule has 1 aromatic carbocycles. The molecule has 0 spiro atoms. The number of amides is 7. The summed E-state index contributed by atoms with van der Waals surface area (Å²) in [6.07, 6.45) is -7.10. The van der Waals surface area contributed by atoms with Crippen LogP contribution in [0.5, 0.6) is 5.75 Å². The maximum absolute atomic E-state index is 14.9. The molecule has 0 aliphatic carbocycles. The Morgan fingerprint density at radius 2 is 0.720 bits per heavy atom. The molecule has 0 aromatic heterocycles. The van der Waals surface area contributed by atoms with E-state index in [2.05, 4.69) is 42.0 Å². The van der Waals surface area contributed by atoms with Gasteiger partial charge in [-0.2, -0.15) is 8.78 Å². The summed E-state index contributed by atoms with van der Waals surface area (Å²) in [6.45, 7) is 16.0. The molecule has 0 saturated carbocycles. The molecule has 35 heteroatoms. The third-order valence-electron chi connectivity index (χ3n) is 17.3. The molecule has 3 saturated heterocycles. The zero-order valence-electron chi connectivity index (χ0n) is 58.9. The molecule has 4 rings (SSSR count). The molecule has 3 aliphatic rings. The van der Waals surface area contributed by atoms with Crippen molar-refractivity contribution in [1.29, 1.82) is 0 Å². The number of hydrogen-bond acceptors (Lipinski definition) is 24. The summed E-state index contributed by atoms with van der Waals surface area (Å²) in [7, 11) is 0. The van der Waals surface area contributed by atoms with Gasteiger partial charge in [-0.25, -0.2) is 8.78 Å². The van der Waals surface area contributed by atoms with Crippen LogP contribution >= 0.6 is 0 Å². The molecule has 100 heavy (non-hydrogen) atoms. The Kier molecular flexibility index (Phi) is 36.0. The van der Waals surface area contributed by atoms with Crippen LogP contribution in [0.15, 0.2) is 0 Å². The Labute approximate surface area is 578 Å². The number of halogens is 4. The second-order valence-corrected chi connectivity index (χ2v) is 25.1. The second-order valence-electron chi connectivity index (χ2n) is 25.1. The van der Waals surface area contributed by atoms with Crippen LogP contribution in [-0.2, 0) is 110 Å². The van der Waals surface area contributed by atoms with Gasteiger partial charge in [0, 0.05) is 86.0 Å². The number of carbonyl (C=O) groups is 11. The predicted molar refractivity (Wildman–Crippen MR) is 339 cm³/mol. The fourth-order valence-corrected chi connectivity index (χ4v) is 11.1. The summed E-state index contributed by atoms with van der Waals surface area (Å²) >= 11 is 0. The van der Waals surface area contributed by atoms with E-state index in [1.165, 1.54) is 41.5 Å². The lowest BCUT2D eigenvalue weighted by molar-refractivity contribution is -0.243. The highest BCUT2D eigenvalue weighted by Gasteiger charge is 2.46. The van der Waals surface area contributed by atoms with Crippen molar-refractivity contribution in [2.75, 3.05) is 98.9 Å². The van der Waals surface area contributed by atoms with Gasteiger partial charge < -0.3 is 98.8 Å². The van der Waals surface area contributed by atoms with Gasteiger partial charge in [0.1, 0.15) is 31.8 Å². The molecule has 0 radical (unpaired) electrons. The second kappa shape index (κ2) is 42.2. The number of nitrogens with one attached hydrogen (secondary N) is 7. The largest absolute Gasteiger partial charge is 0.463 e. The molecule has 7 N–H and O–H groups in total. The first kappa shape index (κ1) is 85.2. The Morgan fingerprint density at radius 3 is 1.00 bits per heavy atom. The Hall–Kier alpha value is -7.25. The molecule has 3 fully saturated rings. The first-order valence-electron chi connectivity index (χ1n) is 33.1. The number of benzene rings is 1. The van der Waals surface area contributed by atoms with Crippen molar-refractivity contribution in [3.05, 3.63) is 28.8 Å². The van der Waals surface area contributed by atoms with Crippen molar-refractivity contribution in [2.24, 2.45) is 35.5 Å². The molecular weight excluding hydrogens is 1340 g/mol.